The maximum atomic E-state index is 13.9. The maximum absolute atomic E-state index is 13.9. The van der Waals surface area contributed by atoms with E-state index in [1.165, 1.54) is 6.92 Å². The van der Waals surface area contributed by atoms with Crippen molar-refractivity contribution in [1.29, 1.82) is 0 Å². The molecule has 0 aliphatic carbocycles. The van der Waals surface area contributed by atoms with Gasteiger partial charge in [0.1, 0.15) is 17.3 Å². The topological polar surface area (TPSA) is 49.4 Å². The van der Waals surface area contributed by atoms with E-state index in [1.807, 2.05) is 0 Å². The van der Waals surface area contributed by atoms with Crippen LogP contribution in [0.4, 0.5) is 20.2 Å². The Kier molecular flexibility index (Phi) is 3.65. The summed E-state index contributed by atoms with van der Waals surface area (Å²) in [4.78, 5) is 25.3. The van der Waals surface area contributed by atoms with E-state index >= 15 is 0 Å². The molecule has 0 radical (unpaired) electrons. The van der Waals surface area contributed by atoms with Gasteiger partial charge in [0.05, 0.1) is 11.4 Å². The van der Waals surface area contributed by atoms with Crippen LogP contribution in [0.15, 0.2) is 54.2 Å². The highest BCUT2D eigenvalue weighted by Gasteiger charge is 2.32. The Balaban J connectivity index is 1.88. The summed E-state index contributed by atoms with van der Waals surface area (Å²) < 4.78 is 27.4. The molecule has 4 nitrogen and oxygen atoms in total. The van der Waals surface area contributed by atoms with Crippen LogP contribution in [0.1, 0.15) is 5.56 Å². The minimum atomic E-state index is -0.705. The highest BCUT2D eigenvalue weighted by Crippen LogP contribution is 2.25. The molecule has 0 aromatic heterocycles. The van der Waals surface area contributed by atoms with E-state index in [0.717, 1.165) is 23.1 Å². The lowest BCUT2D eigenvalue weighted by Crippen LogP contribution is -2.31. The number of nitrogens with zero attached hydrogens (tertiary/aromatic N) is 1. The lowest BCUT2D eigenvalue weighted by atomic mass is 10.2. The van der Waals surface area contributed by atoms with Crippen molar-refractivity contribution < 1.29 is 18.4 Å². The molecule has 1 heterocycles. The van der Waals surface area contributed by atoms with Gasteiger partial charge in [0, 0.05) is 12.1 Å². The fraction of sp³-hybridized carbons (Fsp3) is 0.0588. The normalized spacial score (nSPS) is 14.2. The summed E-state index contributed by atoms with van der Waals surface area (Å²) >= 11 is 0. The molecule has 1 N–H and O–H groups in total. The first kappa shape index (κ1) is 14.9. The van der Waals surface area contributed by atoms with Crippen molar-refractivity contribution in [1.82, 2.24) is 0 Å². The second kappa shape index (κ2) is 5.64. The fourth-order valence-electron chi connectivity index (χ4n) is 2.27. The standard InChI is InChI=1S/C17H12F2N2O2/c1-10-7-13(19)14(8-12(10)18)20-15-9-16(22)21(17(15)23)11-5-3-2-4-6-11/h2-9,20H,1H3. The van der Waals surface area contributed by atoms with Gasteiger partial charge in [0.15, 0.2) is 0 Å². The average molecular weight is 314 g/mol. The highest BCUT2D eigenvalue weighted by atomic mass is 19.1. The third-order valence-corrected chi connectivity index (χ3v) is 3.45. The van der Waals surface area contributed by atoms with E-state index in [2.05, 4.69) is 5.32 Å². The molecule has 3 rings (SSSR count). The number of carbonyl (C=O) groups is 2. The fourth-order valence-corrected chi connectivity index (χ4v) is 2.27. The molecule has 0 saturated carbocycles. The van der Waals surface area contributed by atoms with Crippen molar-refractivity contribution in [3.63, 3.8) is 0 Å². The van der Waals surface area contributed by atoms with Gasteiger partial charge in [-0.25, -0.2) is 13.7 Å². The summed E-state index contributed by atoms with van der Waals surface area (Å²) in [7, 11) is 0. The summed E-state index contributed by atoms with van der Waals surface area (Å²) in [5.41, 5.74) is 0.254. The van der Waals surface area contributed by atoms with Gasteiger partial charge in [-0.15, -0.1) is 0 Å². The van der Waals surface area contributed by atoms with Crippen molar-refractivity contribution in [3.8, 4) is 0 Å². The Labute approximate surface area is 131 Å². The Hall–Kier alpha value is -3.02. The molecule has 0 saturated heterocycles. The van der Waals surface area contributed by atoms with E-state index in [4.69, 9.17) is 0 Å². The number of halogens is 2. The Bertz CT molecular complexity index is 832. The minimum absolute atomic E-state index is 0.110. The van der Waals surface area contributed by atoms with E-state index < -0.39 is 23.4 Å². The molecule has 23 heavy (non-hydrogen) atoms. The number of hydrogen-bond donors (Lipinski definition) is 1. The molecule has 1 aliphatic heterocycles. The monoisotopic (exact) mass is 314 g/mol. The first-order chi connectivity index (χ1) is 11.0. The smallest absolute Gasteiger partial charge is 0.281 e. The molecule has 0 bridgehead atoms. The Morgan fingerprint density at radius 1 is 1.00 bits per heavy atom. The van der Waals surface area contributed by atoms with E-state index in [-0.39, 0.29) is 16.9 Å². The number of benzene rings is 2. The lowest BCUT2D eigenvalue weighted by molar-refractivity contribution is -0.120. The van der Waals surface area contributed by atoms with E-state index in [1.54, 1.807) is 30.3 Å². The van der Waals surface area contributed by atoms with Crippen molar-refractivity contribution in [2.24, 2.45) is 0 Å². The van der Waals surface area contributed by atoms with Crippen LogP contribution in [0.25, 0.3) is 0 Å². The van der Waals surface area contributed by atoms with Crippen LogP contribution in [0.2, 0.25) is 0 Å². The van der Waals surface area contributed by atoms with Crippen LogP contribution >= 0.6 is 0 Å². The summed E-state index contributed by atoms with van der Waals surface area (Å²) in [6.07, 6.45) is 1.06. The van der Waals surface area contributed by atoms with Crippen LogP contribution < -0.4 is 10.2 Å². The van der Waals surface area contributed by atoms with Crippen molar-refractivity contribution >= 4 is 23.2 Å². The van der Waals surface area contributed by atoms with Gasteiger partial charge in [0.25, 0.3) is 11.8 Å². The molecule has 0 atom stereocenters. The zero-order valence-electron chi connectivity index (χ0n) is 12.1. The van der Waals surface area contributed by atoms with Crippen LogP contribution in [0.3, 0.4) is 0 Å². The van der Waals surface area contributed by atoms with Crippen LogP contribution in [-0.2, 0) is 9.59 Å². The third kappa shape index (κ3) is 2.70. The van der Waals surface area contributed by atoms with Crippen molar-refractivity contribution in [2.75, 3.05) is 10.2 Å². The first-order valence-corrected chi connectivity index (χ1v) is 6.85. The molecule has 0 spiro atoms. The molecule has 0 unspecified atom stereocenters. The summed E-state index contributed by atoms with van der Waals surface area (Å²) in [6.45, 7) is 1.43. The lowest BCUT2D eigenvalue weighted by Gasteiger charge is -2.15. The molecule has 0 fully saturated rings. The first-order valence-electron chi connectivity index (χ1n) is 6.85. The summed E-state index contributed by atoms with van der Waals surface area (Å²) in [6, 6.07) is 10.3. The maximum Gasteiger partial charge on any atom is 0.281 e. The number of aryl methyl sites for hydroxylation is 1. The van der Waals surface area contributed by atoms with Gasteiger partial charge in [-0.05, 0) is 30.7 Å². The van der Waals surface area contributed by atoms with Gasteiger partial charge in [-0.3, -0.25) is 9.59 Å². The number of para-hydroxylation sites is 1. The third-order valence-electron chi connectivity index (χ3n) is 3.45. The van der Waals surface area contributed by atoms with Gasteiger partial charge in [-0.1, -0.05) is 18.2 Å². The van der Waals surface area contributed by atoms with Gasteiger partial charge >= 0.3 is 0 Å². The number of carbonyl (C=O) groups excluding carboxylic acids is 2. The zero-order chi connectivity index (χ0) is 16.6. The van der Waals surface area contributed by atoms with Crippen molar-refractivity contribution in [2.45, 2.75) is 6.92 Å². The molecule has 2 aromatic rings. The quantitative estimate of drug-likeness (QED) is 0.886. The molecule has 2 aromatic carbocycles. The number of hydrogen-bond acceptors (Lipinski definition) is 3. The molecule has 1 aliphatic rings. The molecule has 2 amide bonds. The van der Waals surface area contributed by atoms with Crippen LogP contribution in [0.5, 0.6) is 0 Å². The summed E-state index contributed by atoms with van der Waals surface area (Å²) in [5.74, 6) is -2.48. The van der Waals surface area contributed by atoms with Crippen LogP contribution in [0, 0.1) is 18.6 Å². The number of anilines is 2. The SMILES string of the molecule is Cc1cc(F)c(NC2=CC(=O)N(c3ccccc3)C2=O)cc1F. The Morgan fingerprint density at radius 3 is 2.39 bits per heavy atom. The predicted molar refractivity (Wildman–Crippen MR) is 81.7 cm³/mol. The molecular formula is C17H12F2N2O2. The molecule has 116 valence electrons. The number of rotatable bonds is 3. The number of imide groups is 1. The zero-order valence-corrected chi connectivity index (χ0v) is 12.1. The second-order valence-electron chi connectivity index (χ2n) is 5.08. The number of nitrogens with one attached hydrogen (secondary N) is 1. The van der Waals surface area contributed by atoms with Gasteiger partial charge in [0.2, 0.25) is 0 Å². The highest BCUT2D eigenvalue weighted by molar-refractivity contribution is 6.31. The van der Waals surface area contributed by atoms with E-state index in [0.29, 0.717) is 5.69 Å². The van der Waals surface area contributed by atoms with Crippen molar-refractivity contribution in [3.05, 3.63) is 71.4 Å². The molecule has 6 heteroatoms. The van der Waals surface area contributed by atoms with E-state index in [9.17, 15) is 18.4 Å². The number of amides is 2. The van der Waals surface area contributed by atoms with Crippen LogP contribution in [-0.4, -0.2) is 11.8 Å². The largest absolute Gasteiger partial charge is 0.348 e. The second-order valence-corrected chi connectivity index (χ2v) is 5.08. The molecular weight excluding hydrogens is 302 g/mol. The van der Waals surface area contributed by atoms with Gasteiger partial charge < -0.3 is 5.32 Å². The predicted octanol–water partition coefficient (Wildman–Crippen LogP) is 3.14. The Morgan fingerprint density at radius 2 is 1.70 bits per heavy atom. The summed E-state index contributed by atoms with van der Waals surface area (Å²) in [5, 5.41) is 2.49. The average Bonchev–Trinajstić information content (AvgIpc) is 2.80. The minimum Gasteiger partial charge on any atom is -0.348 e. The van der Waals surface area contributed by atoms with Gasteiger partial charge in [-0.2, -0.15) is 0 Å².